The maximum atomic E-state index is 12.3. The highest BCUT2D eigenvalue weighted by molar-refractivity contribution is 6.36. The molecular weight excluding hydrogens is 292 g/mol. The zero-order valence-electron chi connectivity index (χ0n) is 12.9. The Morgan fingerprint density at radius 1 is 0.783 bits per heavy atom. The smallest absolute Gasteiger partial charge is 0.316 e. The van der Waals surface area contributed by atoms with Crippen molar-refractivity contribution in [3.8, 4) is 0 Å². The first kappa shape index (κ1) is 15.2. The summed E-state index contributed by atoms with van der Waals surface area (Å²) in [5.41, 5.74) is 1.91. The van der Waals surface area contributed by atoms with E-state index in [0.717, 1.165) is 11.1 Å². The molecule has 2 aromatic rings. The minimum absolute atomic E-state index is 0.342. The highest BCUT2D eigenvalue weighted by Crippen LogP contribution is 2.23. The summed E-state index contributed by atoms with van der Waals surface area (Å²) in [5.74, 6) is -1.06. The van der Waals surface area contributed by atoms with Crippen molar-refractivity contribution in [1.29, 1.82) is 0 Å². The first-order chi connectivity index (χ1) is 11.2. The van der Waals surface area contributed by atoms with Gasteiger partial charge >= 0.3 is 11.8 Å². The lowest BCUT2D eigenvalue weighted by molar-refractivity contribution is -0.143. The zero-order chi connectivity index (χ0) is 16.2. The molecule has 23 heavy (non-hydrogen) atoms. The monoisotopic (exact) mass is 310 g/mol. The number of nitrogens with zero attached hydrogens (tertiary/aromatic N) is 2. The van der Waals surface area contributed by atoms with Gasteiger partial charge in [-0.3, -0.25) is 19.4 Å². The van der Waals surface area contributed by atoms with Crippen molar-refractivity contribution in [2.45, 2.75) is 19.4 Å². The summed E-state index contributed by atoms with van der Waals surface area (Å²) in [6.45, 7) is 0.685. The van der Waals surface area contributed by atoms with Gasteiger partial charge in [0.15, 0.2) is 0 Å². The van der Waals surface area contributed by atoms with Gasteiger partial charge in [-0.15, -0.1) is 0 Å². The van der Waals surface area contributed by atoms with Crippen LogP contribution in [0.1, 0.15) is 11.1 Å². The first-order valence-electron chi connectivity index (χ1n) is 7.43. The predicted octanol–water partition coefficient (Wildman–Crippen LogP) is 1.99. The second-order valence-electron chi connectivity index (χ2n) is 5.40. The van der Waals surface area contributed by atoms with E-state index in [9.17, 15) is 9.59 Å². The molecule has 0 radical (unpaired) electrons. The van der Waals surface area contributed by atoms with Crippen LogP contribution in [0.2, 0.25) is 0 Å². The Hall–Kier alpha value is -2.66. The van der Waals surface area contributed by atoms with Crippen molar-refractivity contribution < 1.29 is 14.3 Å². The van der Waals surface area contributed by atoms with Crippen LogP contribution in [0.4, 0.5) is 0 Å². The van der Waals surface area contributed by atoms with Gasteiger partial charge in [0, 0.05) is 7.11 Å². The van der Waals surface area contributed by atoms with Crippen LogP contribution in [0, 0.1) is 0 Å². The first-order valence-corrected chi connectivity index (χ1v) is 7.43. The van der Waals surface area contributed by atoms with Crippen LogP contribution in [0.5, 0.6) is 0 Å². The lowest BCUT2D eigenvalue weighted by Gasteiger charge is -2.28. The topological polar surface area (TPSA) is 49.9 Å². The van der Waals surface area contributed by atoms with E-state index in [-0.39, 0.29) is 0 Å². The second kappa shape index (κ2) is 6.62. The maximum absolute atomic E-state index is 12.3. The van der Waals surface area contributed by atoms with Crippen molar-refractivity contribution in [1.82, 2.24) is 9.80 Å². The molecule has 2 amide bonds. The molecule has 5 heteroatoms. The van der Waals surface area contributed by atoms with E-state index in [1.165, 1.54) is 16.9 Å². The second-order valence-corrected chi connectivity index (χ2v) is 5.40. The van der Waals surface area contributed by atoms with E-state index in [0.29, 0.717) is 13.1 Å². The molecule has 3 rings (SSSR count). The van der Waals surface area contributed by atoms with E-state index < -0.39 is 18.2 Å². The van der Waals surface area contributed by atoms with E-state index in [4.69, 9.17) is 4.74 Å². The van der Waals surface area contributed by atoms with Gasteiger partial charge < -0.3 is 4.74 Å². The third kappa shape index (κ3) is 3.10. The fourth-order valence-corrected chi connectivity index (χ4v) is 2.73. The fraction of sp³-hybridized carbons (Fsp3) is 0.222. The third-order valence-corrected chi connectivity index (χ3v) is 3.84. The van der Waals surface area contributed by atoms with Gasteiger partial charge in [-0.25, -0.2) is 0 Å². The molecule has 1 aliphatic heterocycles. The largest absolute Gasteiger partial charge is 0.344 e. The number of carbonyl (C=O) groups excluding carboxylic acids is 2. The lowest BCUT2D eigenvalue weighted by Crippen LogP contribution is -2.40. The Morgan fingerprint density at radius 2 is 1.17 bits per heavy atom. The Balaban J connectivity index is 1.81. The number of hydrogen-bond acceptors (Lipinski definition) is 3. The molecule has 0 atom stereocenters. The Morgan fingerprint density at radius 3 is 1.52 bits per heavy atom. The van der Waals surface area contributed by atoms with Crippen LogP contribution in [0.3, 0.4) is 0 Å². The van der Waals surface area contributed by atoms with Crippen LogP contribution >= 0.6 is 0 Å². The number of benzene rings is 2. The standard InChI is InChI=1S/C18H18N2O3/c1-23-18-19(12-14-8-4-2-5-9-14)16(21)17(22)20(18)13-15-10-6-3-7-11-15/h2-11,18H,12-13H2,1H3. The molecule has 0 spiro atoms. The molecule has 0 unspecified atom stereocenters. The summed E-state index contributed by atoms with van der Waals surface area (Å²) in [4.78, 5) is 27.6. The number of amides is 2. The van der Waals surface area contributed by atoms with Gasteiger partial charge in [-0.1, -0.05) is 60.7 Å². The highest BCUT2D eigenvalue weighted by Gasteiger charge is 2.44. The zero-order valence-corrected chi connectivity index (χ0v) is 12.9. The van der Waals surface area contributed by atoms with E-state index in [2.05, 4.69) is 0 Å². The molecule has 0 saturated carbocycles. The molecule has 1 heterocycles. The lowest BCUT2D eigenvalue weighted by atomic mass is 10.2. The summed E-state index contributed by atoms with van der Waals surface area (Å²) in [6, 6.07) is 19.1. The van der Waals surface area contributed by atoms with Crippen LogP contribution in [0.15, 0.2) is 60.7 Å². The van der Waals surface area contributed by atoms with Crippen molar-refractivity contribution in [2.75, 3.05) is 7.11 Å². The predicted molar refractivity (Wildman–Crippen MR) is 84.8 cm³/mol. The van der Waals surface area contributed by atoms with Gasteiger partial charge in [-0.05, 0) is 11.1 Å². The van der Waals surface area contributed by atoms with E-state index >= 15 is 0 Å². The molecule has 1 saturated heterocycles. The molecule has 2 aromatic carbocycles. The highest BCUT2D eigenvalue weighted by atomic mass is 16.5. The van der Waals surface area contributed by atoms with Crippen molar-refractivity contribution >= 4 is 11.8 Å². The minimum Gasteiger partial charge on any atom is -0.344 e. The van der Waals surface area contributed by atoms with Gasteiger partial charge in [0.1, 0.15) is 0 Å². The summed E-state index contributed by atoms with van der Waals surface area (Å²) in [5, 5.41) is 0. The number of methoxy groups -OCH3 is 1. The van der Waals surface area contributed by atoms with Gasteiger partial charge in [0.25, 0.3) is 0 Å². The molecule has 118 valence electrons. The maximum Gasteiger partial charge on any atom is 0.316 e. The van der Waals surface area contributed by atoms with Gasteiger partial charge in [0.05, 0.1) is 13.1 Å². The molecular formula is C18H18N2O3. The molecule has 5 nitrogen and oxygen atoms in total. The molecule has 0 aliphatic carbocycles. The molecule has 1 fully saturated rings. The van der Waals surface area contributed by atoms with Crippen LogP contribution in [-0.4, -0.2) is 35.1 Å². The average molecular weight is 310 g/mol. The Kier molecular flexibility index (Phi) is 4.39. The fourth-order valence-electron chi connectivity index (χ4n) is 2.73. The van der Waals surface area contributed by atoms with Crippen LogP contribution in [-0.2, 0) is 27.4 Å². The SMILES string of the molecule is COC1N(Cc2ccccc2)C(=O)C(=O)N1Cc1ccccc1. The van der Waals surface area contributed by atoms with Crippen molar-refractivity contribution in [2.24, 2.45) is 0 Å². The molecule has 0 N–H and O–H groups in total. The minimum atomic E-state index is -0.685. The van der Waals surface area contributed by atoms with Gasteiger partial charge in [0.2, 0.25) is 6.35 Å². The van der Waals surface area contributed by atoms with E-state index in [1.54, 1.807) is 0 Å². The number of ether oxygens (including phenoxy) is 1. The number of hydrogen-bond donors (Lipinski definition) is 0. The molecule has 0 bridgehead atoms. The normalized spacial score (nSPS) is 15.5. The van der Waals surface area contributed by atoms with Gasteiger partial charge in [-0.2, -0.15) is 0 Å². The Labute approximate surface area is 135 Å². The van der Waals surface area contributed by atoms with E-state index in [1.807, 2.05) is 60.7 Å². The van der Waals surface area contributed by atoms with Crippen LogP contribution < -0.4 is 0 Å². The number of carbonyl (C=O) groups is 2. The van der Waals surface area contributed by atoms with Crippen molar-refractivity contribution in [3.05, 3.63) is 71.8 Å². The average Bonchev–Trinajstić information content (AvgIpc) is 2.81. The number of rotatable bonds is 5. The molecule has 1 aliphatic rings. The Bertz CT molecular complexity index is 628. The molecule has 0 aromatic heterocycles. The quantitative estimate of drug-likeness (QED) is 0.794. The summed E-state index contributed by atoms with van der Waals surface area (Å²) in [7, 11) is 1.51. The third-order valence-electron chi connectivity index (χ3n) is 3.84. The summed E-state index contributed by atoms with van der Waals surface area (Å²) < 4.78 is 5.43. The summed E-state index contributed by atoms with van der Waals surface area (Å²) in [6.07, 6.45) is -0.685. The van der Waals surface area contributed by atoms with Crippen LogP contribution in [0.25, 0.3) is 0 Å². The van der Waals surface area contributed by atoms with Crippen molar-refractivity contribution in [3.63, 3.8) is 0 Å². The summed E-state index contributed by atoms with van der Waals surface area (Å²) >= 11 is 0.